The minimum atomic E-state index is 0.105. The van der Waals surface area contributed by atoms with Gasteiger partial charge in [-0.15, -0.1) is 0 Å². The van der Waals surface area contributed by atoms with Crippen molar-refractivity contribution >= 4 is 23.2 Å². The number of rotatable bonds is 0. The molecule has 1 rings (SSSR count). The Bertz CT molecular complexity index is 181. The summed E-state index contributed by atoms with van der Waals surface area (Å²) in [6.45, 7) is 0. The minimum Gasteiger partial charge on any atom is -0.507 e. The Morgan fingerprint density at radius 1 is 1.33 bits per heavy atom. The van der Waals surface area contributed by atoms with Gasteiger partial charge in [0.25, 0.3) is 0 Å². The normalized spacial score (nSPS) is 20.0. The van der Waals surface area contributed by atoms with Crippen LogP contribution in [0, 0.1) is 0 Å². The number of aliphatic hydroxyl groups excluding tert-OH is 1. The first-order valence-corrected chi connectivity index (χ1v) is 3.39. The molecule has 0 amide bonds. The van der Waals surface area contributed by atoms with E-state index in [1.165, 1.54) is 6.08 Å². The first kappa shape index (κ1) is 6.97. The zero-order valence-corrected chi connectivity index (χ0v) is 6.21. The summed E-state index contributed by atoms with van der Waals surface area (Å²) in [5, 5.41) is 10.1. The lowest BCUT2D eigenvalue weighted by molar-refractivity contribution is 0.424. The molecule has 3 heteroatoms. The number of hydrogen-bond donors (Lipinski definition) is 1. The maximum Gasteiger partial charge on any atom is 0.131 e. The van der Waals surface area contributed by atoms with E-state index in [2.05, 4.69) is 0 Å². The van der Waals surface area contributed by atoms with Crippen LogP contribution >= 0.6 is 23.2 Å². The molecule has 1 N–H and O–H groups in total. The summed E-state index contributed by atoms with van der Waals surface area (Å²) in [4.78, 5) is 0. The minimum absolute atomic E-state index is 0.105. The zero-order valence-electron chi connectivity index (χ0n) is 4.69. The highest BCUT2D eigenvalue weighted by atomic mass is 35.5. The Hall–Kier alpha value is -0.140. The summed E-state index contributed by atoms with van der Waals surface area (Å²) in [5.74, 6) is 0.105. The van der Waals surface area contributed by atoms with E-state index in [4.69, 9.17) is 28.3 Å². The van der Waals surface area contributed by atoms with E-state index in [0.717, 1.165) is 6.42 Å². The molecule has 50 valence electrons. The summed E-state index contributed by atoms with van der Waals surface area (Å²) in [6.07, 6.45) is 2.88. The fourth-order valence-corrected chi connectivity index (χ4v) is 1.00. The van der Waals surface area contributed by atoms with Crippen molar-refractivity contribution in [1.82, 2.24) is 0 Å². The molecule has 1 aliphatic carbocycles. The molecule has 0 unspecified atom stereocenters. The molecule has 0 atom stereocenters. The number of halogens is 2. The van der Waals surface area contributed by atoms with Crippen molar-refractivity contribution in [3.63, 3.8) is 0 Å². The molecule has 1 aliphatic rings. The van der Waals surface area contributed by atoms with Crippen LogP contribution in [0.3, 0.4) is 0 Å². The molecule has 0 radical (unpaired) electrons. The predicted molar refractivity (Wildman–Crippen MR) is 38.7 cm³/mol. The van der Waals surface area contributed by atoms with E-state index >= 15 is 0 Å². The van der Waals surface area contributed by atoms with Gasteiger partial charge in [0.1, 0.15) is 5.76 Å². The quantitative estimate of drug-likeness (QED) is 0.584. The lowest BCUT2D eigenvalue weighted by atomic mass is 10.2. The van der Waals surface area contributed by atoms with Gasteiger partial charge >= 0.3 is 0 Å². The zero-order chi connectivity index (χ0) is 6.85. The van der Waals surface area contributed by atoms with Gasteiger partial charge in [0, 0.05) is 5.03 Å². The third kappa shape index (κ3) is 1.63. The van der Waals surface area contributed by atoms with Gasteiger partial charge in [-0.3, -0.25) is 0 Å². The third-order valence-electron chi connectivity index (χ3n) is 1.15. The van der Waals surface area contributed by atoms with Crippen LogP contribution in [0.2, 0.25) is 0 Å². The SMILES string of the molecule is OC1=C(Cl)CCC(Cl)=C1. The van der Waals surface area contributed by atoms with Crippen molar-refractivity contribution in [1.29, 1.82) is 0 Å². The fourth-order valence-electron chi connectivity index (χ4n) is 0.656. The number of aliphatic hydroxyl groups is 1. The molecule has 0 spiro atoms. The second-order valence-electron chi connectivity index (χ2n) is 1.88. The molecule has 0 heterocycles. The van der Waals surface area contributed by atoms with E-state index in [0.29, 0.717) is 16.5 Å². The average Bonchev–Trinajstić information content (AvgIpc) is 1.80. The van der Waals surface area contributed by atoms with Crippen LogP contribution in [0.25, 0.3) is 0 Å². The average molecular weight is 165 g/mol. The van der Waals surface area contributed by atoms with Gasteiger partial charge < -0.3 is 5.11 Å². The molecular weight excluding hydrogens is 159 g/mol. The van der Waals surface area contributed by atoms with Crippen molar-refractivity contribution in [2.45, 2.75) is 12.8 Å². The lowest BCUT2D eigenvalue weighted by Gasteiger charge is -2.06. The van der Waals surface area contributed by atoms with E-state index in [9.17, 15) is 0 Å². The van der Waals surface area contributed by atoms with Crippen LogP contribution in [-0.4, -0.2) is 5.11 Å². The summed E-state index contributed by atoms with van der Waals surface area (Å²) in [7, 11) is 0. The molecule has 0 saturated heterocycles. The maximum absolute atomic E-state index is 8.93. The highest BCUT2D eigenvalue weighted by molar-refractivity contribution is 6.32. The van der Waals surface area contributed by atoms with Crippen molar-refractivity contribution in [3.8, 4) is 0 Å². The van der Waals surface area contributed by atoms with Crippen molar-refractivity contribution in [2.24, 2.45) is 0 Å². The Morgan fingerprint density at radius 3 is 2.44 bits per heavy atom. The van der Waals surface area contributed by atoms with Gasteiger partial charge in [0.2, 0.25) is 0 Å². The maximum atomic E-state index is 8.93. The number of allylic oxidation sites excluding steroid dienone is 3. The molecule has 0 saturated carbocycles. The molecule has 0 aromatic carbocycles. The largest absolute Gasteiger partial charge is 0.507 e. The molecule has 1 nitrogen and oxygen atoms in total. The van der Waals surface area contributed by atoms with Crippen molar-refractivity contribution < 1.29 is 5.11 Å². The summed E-state index contributed by atoms with van der Waals surface area (Å²) in [6, 6.07) is 0. The Balaban J connectivity index is 2.83. The molecule has 0 aromatic heterocycles. The summed E-state index contributed by atoms with van der Waals surface area (Å²) >= 11 is 11.1. The fraction of sp³-hybridized carbons (Fsp3) is 0.333. The monoisotopic (exact) mass is 164 g/mol. The second kappa shape index (κ2) is 2.63. The van der Waals surface area contributed by atoms with Crippen molar-refractivity contribution in [3.05, 3.63) is 21.9 Å². The first-order valence-electron chi connectivity index (χ1n) is 2.64. The molecule has 0 aliphatic heterocycles. The second-order valence-corrected chi connectivity index (χ2v) is 2.82. The van der Waals surface area contributed by atoms with Crippen LogP contribution in [0.15, 0.2) is 21.9 Å². The van der Waals surface area contributed by atoms with Gasteiger partial charge in [-0.1, -0.05) is 23.2 Å². The Kier molecular flexibility index (Phi) is 2.04. The molecular formula is C6H6Cl2O. The van der Waals surface area contributed by atoms with Gasteiger partial charge in [-0.05, 0) is 18.9 Å². The standard InChI is InChI=1S/C6H6Cl2O/c7-4-1-2-5(8)6(9)3-4/h3,9H,1-2H2. The van der Waals surface area contributed by atoms with Crippen LogP contribution in [0.4, 0.5) is 0 Å². The van der Waals surface area contributed by atoms with Gasteiger partial charge in [-0.25, -0.2) is 0 Å². The van der Waals surface area contributed by atoms with E-state index in [1.807, 2.05) is 0 Å². The summed E-state index contributed by atoms with van der Waals surface area (Å²) in [5.41, 5.74) is 0. The highest BCUT2D eigenvalue weighted by Gasteiger charge is 2.08. The molecule has 0 fully saturated rings. The smallest absolute Gasteiger partial charge is 0.131 e. The van der Waals surface area contributed by atoms with Crippen LogP contribution in [-0.2, 0) is 0 Å². The molecule has 9 heavy (non-hydrogen) atoms. The van der Waals surface area contributed by atoms with Crippen LogP contribution in [0.1, 0.15) is 12.8 Å². The Morgan fingerprint density at radius 2 is 2.00 bits per heavy atom. The van der Waals surface area contributed by atoms with Crippen LogP contribution in [0.5, 0.6) is 0 Å². The lowest BCUT2D eigenvalue weighted by Crippen LogP contribution is -1.90. The summed E-state index contributed by atoms with van der Waals surface area (Å²) < 4.78 is 0. The van der Waals surface area contributed by atoms with E-state index in [-0.39, 0.29) is 5.76 Å². The van der Waals surface area contributed by atoms with Crippen LogP contribution < -0.4 is 0 Å². The topological polar surface area (TPSA) is 20.2 Å². The van der Waals surface area contributed by atoms with Gasteiger partial charge in [0.15, 0.2) is 0 Å². The first-order chi connectivity index (χ1) is 4.20. The third-order valence-corrected chi connectivity index (χ3v) is 1.84. The van der Waals surface area contributed by atoms with E-state index in [1.54, 1.807) is 0 Å². The predicted octanol–water partition coefficient (Wildman–Crippen LogP) is 2.91. The van der Waals surface area contributed by atoms with E-state index < -0.39 is 0 Å². The van der Waals surface area contributed by atoms with Gasteiger partial charge in [0.05, 0.1) is 5.03 Å². The molecule has 0 bridgehead atoms. The Labute approximate surface area is 63.6 Å². The molecule has 0 aromatic rings. The van der Waals surface area contributed by atoms with Gasteiger partial charge in [-0.2, -0.15) is 0 Å². The van der Waals surface area contributed by atoms with Crippen molar-refractivity contribution in [2.75, 3.05) is 0 Å². The highest BCUT2D eigenvalue weighted by Crippen LogP contribution is 2.26. The number of hydrogen-bond acceptors (Lipinski definition) is 1.